The van der Waals surface area contributed by atoms with Crippen LogP contribution < -0.4 is 0 Å². The molecule has 0 aliphatic rings. The smallest absolute Gasteiger partial charge is 0.192 e. The summed E-state index contributed by atoms with van der Waals surface area (Å²) in [5, 5.41) is 10.1. The molecular weight excluding hydrogens is 426 g/mol. The van der Waals surface area contributed by atoms with Crippen LogP contribution in [0.3, 0.4) is 0 Å². The Balaban J connectivity index is 1.41. The zero-order valence-electron chi connectivity index (χ0n) is 17.6. The van der Waals surface area contributed by atoms with E-state index >= 15 is 0 Å². The van der Waals surface area contributed by atoms with E-state index in [9.17, 15) is 0 Å². The highest BCUT2D eigenvalue weighted by molar-refractivity contribution is 6.30. The lowest BCUT2D eigenvalue weighted by Gasteiger charge is -2.07. The lowest BCUT2D eigenvalue weighted by atomic mass is 10.2. The first-order valence-electron chi connectivity index (χ1n) is 10.1. The maximum absolute atomic E-state index is 5.89. The summed E-state index contributed by atoms with van der Waals surface area (Å²) >= 11 is 5.89. The highest BCUT2D eigenvalue weighted by Gasteiger charge is 2.18. The third-order valence-corrected chi connectivity index (χ3v) is 5.63. The number of rotatable bonds is 6. The van der Waals surface area contributed by atoms with Gasteiger partial charge in [0.15, 0.2) is 18.1 Å². The number of nitrogens with zero attached hydrogens (tertiary/aromatic N) is 7. The summed E-state index contributed by atoms with van der Waals surface area (Å²) in [7, 11) is 0. The fourth-order valence-corrected chi connectivity index (χ4v) is 3.75. The molecule has 0 bridgehead atoms. The van der Waals surface area contributed by atoms with Gasteiger partial charge in [-0.15, -0.1) is 5.10 Å². The average molecular weight is 446 g/mol. The van der Waals surface area contributed by atoms with Gasteiger partial charge in [-0.2, -0.15) is 0 Å². The van der Waals surface area contributed by atoms with E-state index in [2.05, 4.69) is 43.6 Å². The molecule has 4 aromatic heterocycles. The normalized spacial score (nSPS) is 11.7. The van der Waals surface area contributed by atoms with Crippen molar-refractivity contribution in [1.82, 2.24) is 29.1 Å². The minimum absolute atomic E-state index is 0.153. The van der Waals surface area contributed by atoms with Crippen LogP contribution in [0.4, 0.5) is 0 Å². The Labute approximate surface area is 189 Å². The molecule has 5 aromatic rings. The monoisotopic (exact) mass is 445 g/mol. The van der Waals surface area contributed by atoms with Crippen LogP contribution in [0.1, 0.15) is 28.3 Å². The SMILES string of the molecule is Cc1c(C)n(Cc2ccccn2)c2ncn3nc(CO/N=C/c4ccc(Cl)cc4)nc3c12. The van der Waals surface area contributed by atoms with Gasteiger partial charge in [-0.3, -0.25) is 4.98 Å². The van der Waals surface area contributed by atoms with Crippen molar-refractivity contribution in [3.05, 3.63) is 88.4 Å². The van der Waals surface area contributed by atoms with E-state index < -0.39 is 0 Å². The van der Waals surface area contributed by atoms with Gasteiger partial charge in [0.2, 0.25) is 0 Å². The zero-order valence-corrected chi connectivity index (χ0v) is 18.4. The molecule has 0 atom stereocenters. The van der Waals surface area contributed by atoms with Gasteiger partial charge in [0, 0.05) is 16.9 Å². The quantitative estimate of drug-likeness (QED) is 0.287. The lowest BCUT2D eigenvalue weighted by molar-refractivity contribution is 0.126. The van der Waals surface area contributed by atoms with E-state index in [1.807, 2.05) is 30.3 Å². The fourth-order valence-electron chi connectivity index (χ4n) is 3.62. The van der Waals surface area contributed by atoms with Crippen LogP contribution in [0, 0.1) is 13.8 Å². The van der Waals surface area contributed by atoms with E-state index in [1.54, 1.807) is 35.4 Å². The molecule has 9 heteroatoms. The standard InChI is InChI=1S/C23H20ClN7O/c1-15-16(2)30(12-19-5-3-4-10-25-19)22-21(15)23-28-20(29-31(23)14-26-22)13-32-27-11-17-6-8-18(24)9-7-17/h3-11,14H,12-13H2,1-2H3/b27-11+. The van der Waals surface area contributed by atoms with Crippen LogP contribution in [0.5, 0.6) is 0 Å². The van der Waals surface area contributed by atoms with Gasteiger partial charge in [0.1, 0.15) is 12.0 Å². The van der Waals surface area contributed by atoms with Gasteiger partial charge in [0.25, 0.3) is 0 Å². The number of aryl methyl sites for hydroxylation is 1. The van der Waals surface area contributed by atoms with Crippen molar-refractivity contribution >= 4 is 34.5 Å². The molecule has 0 spiro atoms. The Kier molecular flexibility index (Phi) is 5.28. The summed E-state index contributed by atoms with van der Waals surface area (Å²) in [5.74, 6) is 0.530. The van der Waals surface area contributed by atoms with E-state index in [0.29, 0.717) is 17.4 Å². The van der Waals surface area contributed by atoms with Crippen molar-refractivity contribution in [3.63, 3.8) is 0 Å². The number of aromatic nitrogens is 6. The minimum atomic E-state index is 0.153. The predicted molar refractivity (Wildman–Crippen MR) is 123 cm³/mol. The molecule has 0 saturated heterocycles. The predicted octanol–water partition coefficient (Wildman–Crippen LogP) is 4.34. The van der Waals surface area contributed by atoms with Gasteiger partial charge in [-0.05, 0) is 49.2 Å². The maximum atomic E-state index is 5.89. The number of benzene rings is 1. The molecule has 0 N–H and O–H groups in total. The van der Waals surface area contributed by atoms with Crippen LogP contribution in [0.2, 0.25) is 5.02 Å². The second kappa shape index (κ2) is 8.39. The van der Waals surface area contributed by atoms with Crippen molar-refractivity contribution in [2.45, 2.75) is 27.0 Å². The van der Waals surface area contributed by atoms with Gasteiger partial charge < -0.3 is 9.40 Å². The second-order valence-corrected chi connectivity index (χ2v) is 7.85. The first-order chi connectivity index (χ1) is 15.6. The molecule has 0 amide bonds. The first-order valence-corrected chi connectivity index (χ1v) is 10.5. The van der Waals surface area contributed by atoms with Crippen molar-refractivity contribution in [3.8, 4) is 0 Å². The molecule has 4 heterocycles. The molecule has 160 valence electrons. The van der Waals surface area contributed by atoms with E-state index in [1.165, 1.54) is 0 Å². The van der Waals surface area contributed by atoms with Crippen LogP contribution in [0.25, 0.3) is 16.7 Å². The van der Waals surface area contributed by atoms with Crippen molar-refractivity contribution in [2.75, 3.05) is 0 Å². The second-order valence-electron chi connectivity index (χ2n) is 7.42. The van der Waals surface area contributed by atoms with Gasteiger partial charge in [0.05, 0.1) is 23.8 Å². The molecule has 0 aliphatic carbocycles. The summed E-state index contributed by atoms with van der Waals surface area (Å²) < 4.78 is 3.84. The molecule has 32 heavy (non-hydrogen) atoms. The van der Waals surface area contributed by atoms with Crippen molar-refractivity contribution in [1.29, 1.82) is 0 Å². The Bertz CT molecular complexity index is 1420. The van der Waals surface area contributed by atoms with Crippen LogP contribution >= 0.6 is 11.6 Å². The highest BCUT2D eigenvalue weighted by atomic mass is 35.5. The third-order valence-electron chi connectivity index (χ3n) is 5.38. The van der Waals surface area contributed by atoms with Gasteiger partial charge >= 0.3 is 0 Å². The Morgan fingerprint density at radius 3 is 2.69 bits per heavy atom. The Morgan fingerprint density at radius 1 is 1.06 bits per heavy atom. The van der Waals surface area contributed by atoms with Gasteiger partial charge in [-0.1, -0.05) is 35.0 Å². The first kappa shape index (κ1) is 20.1. The average Bonchev–Trinajstić information content (AvgIpc) is 3.33. The molecule has 5 rings (SSSR count). The Hall–Kier alpha value is -3.78. The van der Waals surface area contributed by atoms with Crippen LogP contribution in [0.15, 0.2) is 60.1 Å². The molecule has 0 unspecified atom stereocenters. The summed E-state index contributed by atoms with van der Waals surface area (Å²) in [6.07, 6.45) is 5.10. The molecular formula is C23H20ClN7O. The highest BCUT2D eigenvalue weighted by Crippen LogP contribution is 2.27. The molecule has 0 radical (unpaired) electrons. The molecule has 1 aromatic carbocycles. The van der Waals surface area contributed by atoms with E-state index in [4.69, 9.17) is 16.4 Å². The number of oxime groups is 1. The van der Waals surface area contributed by atoms with Gasteiger partial charge in [-0.25, -0.2) is 14.5 Å². The number of fused-ring (bicyclic) bond motifs is 3. The summed E-state index contributed by atoms with van der Waals surface area (Å²) in [6, 6.07) is 13.2. The van der Waals surface area contributed by atoms with Crippen molar-refractivity contribution in [2.24, 2.45) is 5.16 Å². The maximum Gasteiger partial charge on any atom is 0.192 e. The summed E-state index contributed by atoms with van der Waals surface area (Å²) in [4.78, 5) is 19.2. The largest absolute Gasteiger partial charge is 0.387 e. The third kappa shape index (κ3) is 3.80. The Morgan fingerprint density at radius 2 is 1.91 bits per heavy atom. The number of pyridine rings is 1. The lowest BCUT2D eigenvalue weighted by Crippen LogP contribution is -2.04. The fraction of sp³-hybridized carbons (Fsp3) is 0.174. The summed E-state index contributed by atoms with van der Waals surface area (Å²) in [5.41, 5.74) is 5.72. The molecule has 0 fully saturated rings. The number of hydrogen-bond donors (Lipinski definition) is 0. The van der Waals surface area contributed by atoms with E-state index in [-0.39, 0.29) is 6.61 Å². The molecule has 0 aliphatic heterocycles. The molecule has 8 nitrogen and oxygen atoms in total. The van der Waals surface area contributed by atoms with Crippen LogP contribution in [-0.2, 0) is 18.0 Å². The number of halogens is 1. The number of hydrogen-bond acceptors (Lipinski definition) is 6. The topological polar surface area (TPSA) is 82.5 Å². The van der Waals surface area contributed by atoms with Crippen LogP contribution in [-0.4, -0.2) is 35.3 Å². The zero-order chi connectivity index (χ0) is 22.1. The summed E-state index contributed by atoms with van der Waals surface area (Å²) in [6.45, 7) is 4.96. The molecule has 0 saturated carbocycles. The van der Waals surface area contributed by atoms with E-state index in [0.717, 1.165) is 39.2 Å². The minimum Gasteiger partial charge on any atom is -0.387 e. The van der Waals surface area contributed by atoms with Crippen molar-refractivity contribution < 1.29 is 4.84 Å².